The zero-order valence-electron chi connectivity index (χ0n) is 11.2. The van der Waals surface area contributed by atoms with Gasteiger partial charge in [-0.1, -0.05) is 0 Å². The molecule has 1 aromatic heterocycles. The molecule has 0 aromatic carbocycles. The van der Waals surface area contributed by atoms with E-state index in [1.165, 1.54) is 0 Å². The summed E-state index contributed by atoms with van der Waals surface area (Å²) < 4.78 is 5.12. The fraction of sp³-hybridized carbons (Fsp3) is 0.667. The molecule has 2 N–H and O–H groups in total. The predicted octanol–water partition coefficient (Wildman–Crippen LogP) is 2.15. The first-order valence-corrected chi connectivity index (χ1v) is 6.96. The van der Waals surface area contributed by atoms with E-state index in [4.69, 9.17) is 4.74 Å². The fourth-order valence-electron chi connectivity index (χ4n) is 1.26. The van der Waals surface area contributed by atoms with Crippen molar-refractivity contribution in [2.45, 2.75) is 39.3 Å². The number of aromatic nitrogens is 1. The second-order valence-electron chi connectivity index (χ2n) is 4.94. The minimum atomic E-state index is -0.438. The largest absolute Gasteiger partial charge is 0.444 e. The van der Waals surface area contributed by atoms with Crippen LogP contribution in [-0.4, -0.2) is 29.8 Å². The van der Waals surface area contributed by atoms with Crippen LogP contribution in [0, 0.1) is 0 Å². The van der Waals surface area contributed by atoms with Crippen LogP contribution in [0.15, 0.2) is 10.9 Å². The normalized spacial score (nSPS) is 11.3. The second kappa shape index (κ2) is 7.33. The van der Waals surface area contributed by atoms with Gasteiger partial charge in [0.25, 0.3) is 0 Å². The van der Waals surface area contributed by atoms with Crippen molar-refractivity contribution in [3.05, 3.63) is 16.6 Å². The number of amides is 1. The van der Waals surface area contributed by atoms with E-state index in [1.807, 2.05) is 31.7 Å². The molecule has 0 saturated carbocycles. The number of hydrogen-bond donors (Lipinski definition) is 2. The van der Waals surface area contributed by atoms with E-state index in [9.17, 15) is 4.79 Å². The quantitative estimate of drug-likeness (QED) is 0.778. The van der Waals surface area contributed by atoms with Gasteiger partial charge in [-0.15, -0.1) is 11.3 Å². The van der Waals surface area contributed by atoms with Crippen molar-refractivity contribution in [2.75, 3.05) is 13.1 Å². The Morgan fingerprint density at radius 1 is 1.44 bits per heavy atom. The standard InChI is InChI=1S/C12H21N3O2S/c1-12(2,3)17-11(16)14-6-4-5-13-7-10-8-18-9-15-10/h8-9,13H,4-7H2,1-3H3,(H,14,16). The van der Waals surface area contributed by atoms with Crippen LogP contribution in [0.1, 0.15) is 32.9 Å². The molecule has 0 atom stereocenters. The lowest BCUT2D eigenvalue weighted by atomic mass is 10.2. The Labute approximate surface area is 112 Å². The zero-order valence-corrected chi connectivity index (χ0v) is 12.0. The monoisotopic (exact) mass is 271 g/mol. The summed E-state index contributed by atoms with van der Waals surface area (Å²) in [6, 6.07) is 0. The van der Waals surface area contributed by atoms with E-state index >= 15 is 0 Å². The molecule has 5 nitrogen and oxygen atoms in total. The van der Waals surface area contributed by atoms with Gasteiger partial charge in [0.05, 0.1) is 11.2 Å². The summed E-state index contributed by atoms with van der Waals surface area (Å²) in [5.74, 6) is 0. The van der Waals surface area contributed by atoms with Crippen molar-refractivity contribution in [1.82, 2.24) is 15.6 Å². The van der Waals surface area contributed by atoms with Gasteiger partial charge >= 0.3 is 6.09 Å². The maximum atomic E-state index is 11.3. The van der Waals surface area contributed by atoms with Crippen LogP contribution in [0.2, 0.25) is 0 Å². The van der Waals surface area contributed by atoms with Gasteiger partial charge < -0.3 is 15.4 Å². The average Bonchev–Trinajstić information content (AvgIpc) is 2.73. The molecule has 0 aliphatic carbocycles. The van der Waals surface area contributed by atoms with E-state index in [1.54, 1.807) is 11.3 Å². The number of carbonyl (C=O) groups is 1. The van der Waals surface area contributed by atoms with Crippen LogP contribution in [0.3, 0.4) is 0 Å². The third-order valence-corrected chi connectivity index (χ3v) is 2.62. The molecule has 0 unspecified atom stereocenters. The van der Waals surface area contributed by atoms with Gasteiger partial charge in [-0.05, 0) is 33.7 Å². The lowest BCUT2D eigenvalue weighted by Gasteiger charge is -2.19. The number of alkyl carbamates (subject to hydrolysis) is 1. The highest BCUT2D eigenvalue weighted by Crippen LogP contribution is 2.06. The summed E-state index contributed by atoms with van der Waals surface area (Å²) in [6.07, 6.45) is 0.505. The number of nitrogens with zero attached hydrogens (tertiary/aromatic N) is 1. The molecule has 0 aliphatic rings. The number of hydrogen-bond acceptors (Lipinski definition) is 5. The summed E-state index contributed by atoms with van der Waals surface area (Å²) in [7, 11) is 0. The van der Waals surface area contributed by atoms with Gasteiger partial charge in [0, 0.05) is 18.5 Å². The summed E-state index contributed by atoms with van der Waals surface area (Å²) >= 11 is 1.59. The molecule has 1 heterocycles. The Balaban J connectivity index is 1.97. The molecule has 6 heteroatoms. The van der Waals surface area contributed by atoms with Crippen LogP contribution in [-0.2, 0) is 11.3 Å². The van der Waals surface area contributed by atoms with Gasteiger partial charge in [-0.3, -0.25) is 0 Å². The highest BCUT2D eigenvalue weighted by molar-refractivity contribution is 7.07. The van der Waals surface area contributed by atoms with E-state index in [0.29, 0.717) is 6.54 Å². The molecular formula is C12H21N3O2S. The molecule has 0 bridgehead atoms. The highest BCUT2D eigenvalue weighted by Gasteiger charge is 2.15. The number of thiazole rings is 1. The third kappa shape index (κ3) is 7.24. The number of nitrogens with one attached hydrogen (secondary N) is 2. The first-order chi connectivity index (χ1) is 8.47. The first kappa shape index (κ1) is 14.9. The molecular weight excluding hydrogens is 250 g/mol. The van der Waals surface area contributed by atoms with Gasteiger partial charge in [-0.2, -0.15) is 0 Å². The molecule has 0 aliphatic heterocycles. The zero-order chi connectivity index (χ0) is 13.4. The lowest BCUT2D eigenvalue weighted by Crippen LogP contribution is -2.33. The summed E-state index contributed by atoms with van der Waals surface area (Å²) in [5.41, 5.74) is 2.44. The maximum absolute atomic E-state index is 11.3. The topological polar surface area (TPSA) is 63.2 Å². The number of rotatable bonds is 6. The van der Waals surface area contributed by atoms with Crippen LogP contribution < -0.4 is 10.6 Å². The SMILES string of the molecule is CC(C)(C)OC(=O)NCCCNCc1cscn1. The van der Waals surface area contributed by atoms with Crippen molar-refractivity contribution in [1.29, 1.82) is 0 Å². The van der Waals surface area contributed by atoms with Crippen LogP contribution in [0.5, 0.6) is 0 Å². The summed E-state index contributed by atoms with van der Waals surface area (Å²) in [6.45, 7) is 7.77. The number of carbonyl (C=O) groups excluding carboxylic acids is 1. The molecule has 0 fully saturated rings. The van der Waals surface area contributed by atoms with Crippen LogP contribution >= 0.6 is 11.3 Å². The van der Waals surface area contributed by atoms with Gasteiger partial charge in [-0.25, -0.2) is 9.78 Å². The lowest BCUT2D eigenvalue weighted by molar-refractivity contribution is 0.0527. The van der Waals surface area contributed by atoms with E-state index in [2.05, 4.69) is 15.6 Å². The van der Waals surface area contributed by atoms with E-state index in [0.717, 1.165) is 25.2 Å². The Hall–Kier alpha value is -1.14. The van der Waals surface area contributed by atoms with Gasteiger partial charge in [0.1, 0.15) is 5.60 Å². The fourth-order valence-corrected chi connectivity index (χ4v) is 1.82. The van der Waals surface area contributed by atoms with Crippen molar-refractivity contribution in [3.63, 3.8) is 0 Å². The second-order valence-corrected chi connectivity index (χ2v) is 5.66. The molecule has 0 saturated heterocycles. The molecule has 1 amide bonds. The highest BCUT2D eigenvalue weighted by atomic mass is 32.1. The Kier molecular flexibility index (Phi) is 6.07. The molecule has 0 spiro atoms. The third-order valence-electron chi connectivity index (χ3n) is 1.99. The summed E-state index contributed by atoms with van der Waals surface area (Å²) in [4.78, 5) is 15.5. The Morgan fingerprint density at radius 2 is 2.22 bits per heavy atom. The molecule has 1 rings (SSSR count). The molecule has 102 valence electrons. The van der Waals surface area contributed by atoms with Gasteiger partial charge in [0.15, 0.2) is 0 Å². The Morgan fingerprint density at radius 3 is 2.83 bits per heavy atom. The maximum Gasteiger partial charge on any atom is 0.407 e. The van der Waals surface area contributed by atoms with Crippen molar-refractivity contribution < 1.29 is 9.53 Å². The first-order valence-electron chi connectivity index (χ1n) is 6.02. The Bertz CT molecular complexity index is 347. The van der Waals surface area contributed by atoms with Crippen LogP contribution in [0.25, 0.3) is 0 Å². The summed E-state index contributed by atoms with van der Waals surface area (Å²) in [5, 5.41) is 8.00. The molecule has 0 radical (unpaired) electrons. The van der Waals surface area contributed by atoms with E-state index < -0.39 is 5.60 Å². The smallest absolute Gasteiger partial charge is 0.407 e. The predicted molar refractivity (Wildman–Crippen MR) is 72.7 cm³/mol. The van der Waals surface area contributed by atoms with Crippen LogP contribution in [0.4, 0.5) is 4.79 Å². The molecule has 18 heavy (non-hydrogen) atoms. The minimum Gasteiger partial charge on any atom is -0.444 e. The van der Waals surface area contributed by atoms with E-state index in [-0.39, 0.29) is 6.09 Å². The minimum absolute atomic E-state index is 0.359. The van der Waals surface area contributed by atoms with Crippen molar-refractivity contribution >= 4 is 17.4 Å². The van der Waals surface area contributed by atoms with Crippen molar-refractivity contribution in [2.24, 2.45) is 0 Å². The number of ether oxygens (including phenoxy) is 1. The van der Waals surface area contributed by atoms with Crippen molar-refractivity contribution in [3.8, 4) is 0 Å². The molecule has 1 aromatic rings. The van der Waals surface area contributed by atoms with Gasteiger partial charge in [0.2, 0.25) is 0 Å². The average molecular weight is 271 g/mol.